The van der Waals surface area contributed by atoms with E-state index in [-0.39, 0.29) is 11.9 Å². The highest BCUT2D eigenvalue weighted by molar-refractivity contribution is 7.80. The molecule has 0 radical (unpaired) electrons. The van der Waals surface area contributed by atoms with E-state index >= 15 is 0 Å². The smallest absolute Gasteiger partial charge is 0.126 e. The largest absolute Gasteiger partial charge is 0.324 e. The van der Waals surface area contributed by atoms with Crippen molar-refractivity contribution >= 4 is 12.6 Å². The summed E-state index contributed by atoms with van der Waals surface area (Å²) in [5.41, 5.74) is 7.48. The average Bonchev–Trinajstić information content (AvgIpc) is 2.10. The minimum Gasteiger partial charge on any atom is -0.324 e. The SMILES string of the molecule is Cc1cc(C(N)CCS)ccc1F. The number of hydrogen-bond donors (Lipinski definition) is 2. The van der Waals surface area contributed by atoms with Gasteiger partial charge in [0.2, 0.25) is 0 Å². The fourth-order valence-electron chi connectivity index (χ4n) is 1.20. The normalized spacial score (nSPS) is 12.9. The van der Waals surface area contributed by atoms with Gasteiger partial charge >= 0.3 is 0 Å². The molecule has 72 valence electrons. The van der Waals surface area contributed by atoms with Gasteiger partial charge in [-0.1, -0.05) is 12.1 Å². The molecule has 0 saturated carbocycles. The first-order valence-electron chi connectivity index (χ1n) is 4.27. The second kappa shape index (κ2) is 4.63. The molecule has 0 aliphatic carbocycles. The molecule has 0 fully saturated rings. The van der Waals surface area contributed by atoms with E-state index in [1.165, 1.54) is 6.07 Å². The maximum atomic E-state index is 12.9. The second-order valence-electron chi connectivity index (χ2n) is 3.13. The van der Waals surface area contributed by atoms with E-state index in [1.54, 1.807) is 19.1 Å². The third-order valence-corrected chi connectivity index (χ3v) is 2.31. The molecule has 3 heteroatoms. The van der Waals surface area contributed by atoms with Crippen molar-refractivity contribution in [1.82, 2.24) is 0 Å². The second-order valence-corrected chi connectivity index (χ2v) is 3.57. The third-order valence-electron chi connectivity index (χ3n) is 2.05. The maximum Gasteiger partial charge on any atom is 0.126 e. The lowest BCUT2D eigenvalue weighted by Crippen LogP contribution is -2.11. The summed E-state index contributed by atoms with van der Waals surface area (Å²) in [4.78, 5) is 0. The summed E-state index contributed by atoms with van der Waals surface area (Å²) in [5.74, 6) is 0.569. The van der Waals surface area contributed by atoms with Crippen LogP contribution >= 0.6 is 12.6 Å². The Balaban J connectivity index is 2.84. The molecule has 1 rings (SSSR count). The zero-order valence-electron chi connectivity index (χ0n) is 7.63. The molecule has 0 aromatic heterocycles. The van der Waals surface area contributed by atoms with Crippen LogP contribution in [0.5, 0.6) is 0 Å². The summed E-state index contributed by atoms with van der Waals surface area (Å²) in [6.45, 7) is 1.74. The van der Waals surface area contributed by atoms with Crippen molar-refractivity contribution in [3.63, 3.8) is 0 Å². The molecule has 0 heterocycles. The highest BCUT2D eigenvalue weighted by Crippen LogP contribution is 2.17. The number of aryl methyl sites for hydroxylation is 1. The van der Waals surface area contributed by atoms with Crippen LogP contribution in [0.1, 0.15) is 23.6 Å². The fourth-order valence-corrected chi connectivity index (χ4v) is 1.48. The van der Waals surface area contributed by atoms with Crippen molar-refractivity contribution < 1.29 is 4.39 Å². The number of benzene rings is 1. The molecule has 0 aliphatic heterocycles. The Labute approximate surface area is 83.6 Å². The van der Waals surface area contributed by atoms with E-state index in [0.29, 0.717) is 5.56 Å². The Morgan fingerprint density at radius 3 is 2.77 bits per heavy atom. The summed E-state index contributed by atoms with van der Waals surface area (Å²) >= 11 is 4.10. The van der Waals surface area contributed by atoms with E-state index in [0.717, 1.165) is 17.7 Å². The maximum absolute atomic E-state index is 12.9. The molecule has 1 aromatic rings. The van der Waals surface area contributed by atoms with Crippen molar-refractivity contribution in [1.29, 1.82) is 0 Å². The van der Waals surface area contributed by atoms with Crippen LogP contribution in [0.25, 0.3) is 0 Å². The summed E-state index contributed by atoms with van der Waals surface area (Å²) in [6, 6.07) is 4.96. The Hall–Kier alpha value is -0.540. The Kier molecular flexibility index (Phi) is 3.75. The number of rotatable bonds is 3. The van der Waals surface area contributed by atoms with Gasteiger partial charge in [0.15, 0.2) is 0 Å². The number of halogens is 1. The quantitative estimate of drug-likeness (QED) is 0.718. The Bertz CT molecular complexity index is 288. The van der Waals surface area contributed by atoms with Crippen LogP contribution in [0, 0.1) is 12.7 Å². The molecule has 0 aliphatic rings. The zero-order chi connectivity index (χ0) is 9.84. The van der Waals surface area contributed by atoms with E-state index in [4.69, 9.17) is 5.73 Å². The zero-order valence-corrected chi connectivity index (χ0v) is 8.52. The minimum atomic E-state index is -0.179. The molecule has 1 nitrogen and oxygen atoms in total. The molecule has 13 heavy (non-hydrogen) atoms. The summed E-state index contributed by atoms with van der Waals surface area (Å²) in [7, 11) is 0. The predicted octanol–water partition coefficient (Wildman–Crippen LogP) is 2.45. The van der Waals surface area contributed by atoms with Crippen LogP contribution in [-0.2, 0) is 0 Å². The van der Waals surface area contributed by atoms with Gasteiger partial charge in [-0.05, 0) is 36.3 Å². The van der Waals surface area contributed by atoms with Gasteiger partial charge in [-0.3, -0.25) is 0 Å². The van der Waals surface area contributed by atoms with Gasteiger partial charge in [0.1, 0.15) is 5.82 Å². The van der Waals surface area contributed by atoms with E-state index < -0.39 is 0 Å². The summed E-state index contributed by atoms with van der Waals surface area (Å²) in [5, 5.41) is 0. The van der Waals surface area contributed by atoms with Crippen LogP contribution in [0.2, 0.25) is 0 Å². The molecule has 1 aromatic carbocycles. The fraction of sp³-hybridized carbons (Fsp3) is 0.400. The van der Waals surface area contributed by atoms with Crippen molar-refractivity contribution in [3.8, 4) is 0 Å². The molecule has 0 spiro atoms. The van der Waals surface area contributed by atoms with Gasteiger partial charge in [-0.15, -0.1) is 0 Å². The topological polar surface area (TPSA) is 26.0 Å². The highest BCUT2D eigenvalue weighted by Gasteiger charge is 2.06. The van der Waals surface area contributed by atoms with Gasteiger partial charge in [-0.2, -0.15) is 12.6 Å². The number of thiol groups is 1. The highest BCUT2D eigenvalue weighted by atomic mass is 32.1. The van der Waals surface area contributed by atoms with Crippen molar-refractivity contribution in [2.75, 3.05) is 5.75 Å². The lowest BCUT2D eigenvalue weighted by Gasteiger charge is -2.11. The van der Waals surface area contributed by atoms with Gasteiger partial charge in [0.05, 0.1) is 0 Å². The minimum absolute atomic E-state index is 0.0307. The first-order chi connectivity index (χ1) is 6.15. The predicted molar refractivity (Wildman–Crippen MR) is 56.5 cm³/mol. The summed E-state index contributed by atoms with van der Waals surface area (Å²) < 4.78 is 12.9. The molecular weight excluding hydrogens is 185 g/mol. The van der Waals surface area contributed by atoms with Crippen LogP contribution in [0.4, 0.5) is 4.39 Å². The Morgan fingerprint density at radius 2 is 2.23 bits per heavy atom. The van der Waals surface area contributed by atoms with Crippen LogP contribution in [0.3, 0.4) is 0 Å². The van der Waals surface area contributed by atoms with Crippen LogP contribution in [0.15, 0.2) is 18.2 Å². The van der Waals surface area contributed by atoms with E-state index in [1.807, 2.05) is 0 Å². The molecule has 0 saturated heterocycles. The van der Waals surface area contributed by atoms with Gasteiger partial charge in [-0.25, -0.2) is 4.39 Å². The molecule has 0 amide bonds. The van der Waals surface area contributed by atoms with E-state index in [2.05, 4.69) is 12.6 Å². The molecule has 0 bridgehead atoms. The first kappa shape index (κ1) is 10.5. The van der Waals surface area contributed by atoms with Crippen molar-refractivity contribution in [3.05, 3.63) is 35.1 Å². The lowest BCUT2D eigenvalue weighted by atomic mass is 10.0. The van der Waals surface area contributed by atoms with Crippen LogP contribution in [-0.4, -0.2) is 5.75 Å². The lowest BCUT2D eigenvalue weighted by molar-refractivity contribution is 0.614. The molecular formula is C10H14FNS. The van der Waals surface area contributed by atoms with E-state index in [9.17, 15) is 4.39 Å². The third kappa shape index (κ3) is 2.71. The Morgan fingerprint density at radius 1 is 1.54 bits per heavy atom. The van der Waals surface area contributed by atoms with Gasteiger partial charge in [0.25, 0.3) is 0 Å². The van der Waals surface area contributed by atoms with Crippen molar-refractivity contribution in [2.24, 2.45) is 5.73 Å². The number of nitrogens with two attached hydrogens (primary N) is 1. The standard InChI is InChI=1S/C10H14FNS/c1-7-6-8(2-3-9(7)11)10(12)4-5-13/h2-3,6,10,13H,4-5,12H2,1H3. The molecule has 1 atom stereocenters. The summed E-state index contributed by atoms with van der Waals surface area (Å²) in [6.07, 6.45) is 0.814. The molecule has 1 unspecified atom stereocenters. The van der Waals surface area contributed by atoms with Gasteiger partial charge in [0, 0.05) is 6.04 Å². The van der Waals surface area contributed by atoms with Gasteiger partial charge < -0.3 is 5.73 Å². The van der Waals surface area contributed by atoms with Crippen LogP contribution < -0.4 is 5.73 Å². The molecule has 2 N–H and O–H groups in total. The first-order valence-corrected chi connectivity index (χ1v) is 4.91. The number of hydrogen-bond acceptors (Lipinski definition) is 2. The average molecular weight is 199 g/mol. The monoisotopic (exact) mass is 199 g/mol. The van der Waals surface area contributed by atoms with Crippen molar-refractivity contribution in [2.45, 2.75) is 19.4 Å².